The van der Waals surface area contributed by atoms with Crippen molar-refractivity contribution in [2.75, 3.05) is 13.1 Å². The van der Waals surface area contributed by atoms with E-state index in [0.717, 1.165) is 12.8 Å². The highest BCUT2D eigenvalue weighted by molar-refractivity contribution is 5.77. The first-order valence-corrected chi connectivity index (χ1v) is 7.05. The van der Waals surface area contributed by atoms with Gasteiger partial charge >= 0.3 is 0 Å². The van der Waals surface area contributed by atoms with Gasteiger partial charge in [0.05, 0.1) is 13.1 Å². The van der Waals surface area contributed by atoms with Gasteiger partial charge in [-0.05, 0) is 24.3 Å². The van der Waals surface area contributed by atoms with Crippen molar-refractivity contribution in [3.05, 3.63) is 35.9 Å². The molecule has 104 valence electrons. The zero-order valence-corrected chi connectivity index (χ0v) is 11.8. The Labute approximate surface area is 115 Å². The number of aryl methyl sites for hydroxylation is 1. The summed E-state index contributed by atoms with van der Waals surface area (Å²) in [5.74, 6) is 0.377. The highest BCUT2D eigenvalue weighted by Crippen LogP contribution is 2.29. The van der Waals surface area contributed by atoms with Crippen molar-refractivity contribution in [2.24, 2.45) is 5.92 Å². The van der Waals surface area contributed by atoms with Crippen LogP contribution in [0, 0.1) is 5.92 Å². The lowest BCUT2D eigenvalue weighted by Crippen LogP contribution is -2.65. The molecule has 0 spiro atoms. The van der Waals surface area contributed by atoms with Crippen molar-refractivity contribution < 1.29 is 9.90 Å². The third-order valence-corrected chi connectivity index (χ3v) is 4.06. The first kappa shape index (κ1) is 14.1. The number of likely N-dealkylation sites (tertiary alicyclic amines) is 1. The van der Waals surface area contributed by atoms with Crippen molar-refractivity contribution in [3.8, 4) is 0 Å². The number of amides is 1. The number of hydrogen-bond acceptors (Lipinski definition) is 2. The maximum absolute atomic E-state index is 11.9. The standard InChI is InChI=1S/C16H23NO2/c1-13(2)16(19)11-17(12-16)15(18)10-6-9-14-7-4-3-5-8-14/h3-5,7-8,13,19H,6,9-12H2,1-2H3. The maximum Gasteiger partial charge on any atom is 0.222 e. The van der Waals surface area contributed by atoms with Crippen LogP contribution >= 0.6 is 0 Å². The molecule has 1 N–H and O–H groups in total. The van der Waals surface area contributed by atoms with Crippen molar-refractivity contribution in [2.45, 2.75) is 38.7 Å². The molecule has 0 bridgehead atoms. The van der Waals surface area contributed by atoms with E-state index in [9.17, 15) is 9.90 Å². The van der Waals surface area contributed by atoms with Gasteiger partial charge in [-0.2, -0.15) is 0 Å². The van der Waals surface area contributed by atoms with E-state index in [0.29, 0.717) is 19.5 Å². The van der Waals surface area contributed by atoms with Gasteiger partial charge in [0.15, 0.2) is 0 Å². The van der Waals surface area contributed by atoms with Gasteiger partial charge in [0.2, 0.25) is 5.91 Å². The Bertz CT molecular complexity index is 422. The monoisotopic (exact) mass is 261 g/mol. The van der Waals surface area contributed by atoms with Crippen molar-refractivity contribution in [3.63, 3.8) is 0 Å². The molecule has 0 unspecified atom stereocenters. The number of carbonyl (C=O) groups is 1. The highest BCUT2D eigenvalue weighted by atomic mass is 16.3. The third-order valence-electron chi connectivity index (χ3n) is 4.06. The molecule has 1 aromatic rings. The van der Waals surface area contributed by atoms with Crippen LogP contribution in [-0.2, 0) is 11.2 Å². The summed E-state index contributed by atoms with van der Waals surface area (Å²) in [6, 6.07) is 10.2. The van der Waals surface area contributed by atoms with Crippen LogP contribution in [0.15, 0.2) is 30.3 Å². The van der Waals surface area contributed by atoms with E-state index in [1.807, 2.05) is 32.0 Å². The molecule has 1 aliphatic rings. The molecule has 1 fully saturated rings. The molecule has 1 aliphatic heterocycles. The minimum absolute atomic E-state index is 0.168. The molecular formula is C16H23NO2. The number of benzene rings is 1. The number of rotatable bonds is 5. The summed E-state index contributed by atoms with van der Waals surface area (Å²) >= 11 is 0. The molecule has 1 heterocycles. The van der Waals surface area contributed by atoms with E-state index in [2.05, 4.69) is 12.1 Å². The van der Waals surface area contributed by atoms with Crippen molar-refractivity contribution in [1.29, 1.82) is 0 Å². The van der Waals surface area contributed by atoms with Crippen LogP contribution in [0.1, 0.15) is 32.3 Å². The summed E-state index contributed by atoms with van der Waals surface area (Å²) in [7, 11) is 0. The van der Waals surface area contributed by atoms with Gasteiger partial charge in [-0.3, -0.25) is 4.79 Å². The molecule has 0 saturated carbocycles. The van der Waals surface area contributed by atoms with E-state index in [4.69, 9.17) is 0 Å². The van der Waals surface area contributed by atoms with Crippen molar-refractivity contribution >= 4 is 5.91 Å². The molecule has 19 heavy (non-hydrogen) atoms. The summed E-state index contributed by atoms with van der Waals surface area (Å²) in [5.41, 5.74) is 0.618. The minimum atomic E-state index is -0.658. The van der Waals surface area contributed by atoms with Crippen LogP contribution in [0.25, 0.3) is 0 Å². The van der Waals surface area contributed by atoms with Crippen LogP contribution in [0.4, 0.5) is 0 Å². The predicted octanol–water partition coefficient (Wildman–Crippen LogP) is 2.24. The second kappa shape index (κ2) is 5.74. The first-order valence-electron chi connectivity index (χ1n) is 7.05. The van der Waals surface area contributed by atoms with E-state index in [1.165, 1.54) is 5.56 Å². The van der Waals surface area contributed by atoms with Crippen LogP contribution in [-0.4, -0.2) is 34.6 Å². The highest BCUT2D eigenvalue weighted by Gasteiger charge is 2.45. The van der Waals surface area contributed by atoms with Crippen LogP contribution in [0.3, 0.4) is 0 Å². The summed E-state index contributed by atoms with van der Waals surface area (Å²) in [6.45, 7) is 4.98. The molecule has 1 saturated heterocycles. The Kier molecular flexibility index (Phi) is 4.25. The quantitative estimate of drug-likeness (QED) is 0.883. The largest absolute Gasteiger partial charge is 0.386 e. The Morgan fingerprint density at radius 1 is 1.32 bits per heavy atom. The molecule has 2 rings (SSSR count). The third kappa shape index (κ3) is 3.35. The number of aliphatic hydroxyl groups is 1. The summed E-state index contributed by atoms with van der Waals surface area (Å²) in [5, 5.41) is 10.1. The molecular weight excluding hydrogens is 238 g/mol. The van der Waals surface area contributed by atoms with Gasteiger partial charge in [0.25, 0.3) is 0 Å². The van der Waals surface area contributed by atoms with Crippen LogP contribution in [0.2, 0.25) is 0 Å². The SMILES string of the molecule is CC(C)C1(O)CN(C(=O)CCCc2ccccc2)C1. The van der Waals surface area contributed by atoms with Crippen LogP contribution in [0.5, 0.6) is 0 Å². The van der Waals surface area contributed by atoms with E-state index in [-0.39, 0.29) is 11.8 Å². The molecule has 1 aromatic carbocycles. The average Bonchev–Trinajstić information content (AvgIpc) is 2.35. The van der Waals surface area contributed by atoms with E-state index >= 15 is 0 Å². The average molecular weight is 261 g/mol. The topological polar surface area (TPSA) is 40.5 Å². The Hall–Kier alpha value is -1.35. The second-order valence-corrected chi connectivity index (χ2v) is 5.85. The fourth-order valence-corrected chi connectivity index (χ4v) is 2.40. The molecule has 0 aromatic heterocycles. The van der Waals surface area contributed by atoms with Crippen molar-refractivity contribution in [1.82, 2.24) is 4.90 Å². The smallest absolute Gasteiger partial charge is 0.222 e. The van der Waals surface area contributed by atoms with E-state index in [1.54, 1.807) is 4.90 Å². The second-order valence-electron chi connectivity index (χ2n) is 5.85. The molecule has 0 atom stereocenters. The lowest BCUT2D eigenvalue weighted by Gasteiger charge is -2.49. The summed E-state index contributed by atoms with van der Waals surface area (Å²) in [6.07, 6.45) is 2.39. The number of nitrogens with zero attached hydrogens (tertiary/aromatic N) is 1. The normalized spacial score (nSPS) is 17.4. The fourth-order valence-electron chi connectivity index (χ4n) is 2.40. The molecule has 3 nitrogen and oxygen atoms in total. The van der Waals surface area contributed by atoms with Gasteiger partial charge in [0.1, 0.15) is 5.60 Å². The zero-order valence-electron chi connectivity index (χ0n) is 11.8. The molecule has 3 heteroatoms. The number of carbonyl (C=O) groups excluding carboxylic acids is 1. The van der Waals surface area contributed by atoms with Gasteiger partial charge in [-0.25, -0.2) is 0 Å². The number of hydrogen-bond donors (Lipinski definition) is 1. The van der Waals surface area contributed by atoms with Gasteiger partial charge < -0.3 is 10.0 Å². The zero-order chi connectivity index (χ0) is 13.9. The minimum Gasteiger partial charge on any atom is -0.386 e. The molecule has 1 amide bonds. The van der Waals surface area contributed by atoms with Gasteiger partial charge in [-0.15, -0.1) is 0 Å². The molecule has 0 radical (unpaired) electrons. The maximum atomic E-state index is 11.9. The first-order chi connectivity index (χ1) is 9.01. The Morgan fingerprint density at radius 3 is 2.53 bits per heavy atom. The fraction of sp³-hybridized carbons (Fsp3) is 0.562. The van der Waals surface area contributed by atoms with Gasteiger partial charge in [0, 0.05) is 6.42 Å². The van der Waals surface area contributed by atoms with Gasteiger partial charge in [-0.1, -0.05) is 44.2 Å². The number of β-amino-alcohol motifs (C(OH)–C–C–N with tert-alkyl or cyclic N) is 1. The Morgan fingerprint density at radius 2 is 1.95 bits per heavy atom. The Balaban J connectivity index is 1.69. The summed E-state index contributed by atoms with van der Waals surface area (Å²) in [4.78, 5) is 13.7. The predicted molar refractivity (Wildman–Crippen MR) is 75.7 cm³/mol. The lowest BCUT2D eigenvalue weighted by molar-refractivity contribution is -0.163. The molecule has 0 aliphatic carbocycles. The summed E-state index contributed by atoms with van der Waals surface area (Å²) < 4.78 is 0. The lowest BCUT2D eigenvalue weighted by atomic mass is 9.83. The van der Waals surface area contributed by atoms with E-state index < -0.39 is 5.60 Å². The van der Waals surface area contributed by atoms with Crippen LogP contribution < -0.4 is 0 Å².